The Morgan fingerprint density at radius 1 is 1.24 bits per heavy atom. The van der Waals surface area contributed by atoms with Crippen LogP contribution in [0, 0.1) is 9.39 Å². The Balaban J connectivity index is 1.87. The Bertz CT molecular complexity index is 725. The first kappa shape index (κ1) is 13.8. The van der Waals surface area contributed by atoms with Crippen molar-refractivity contribution >= 4 is 40.1 Å². The van der Waals surface area contributed by atoms with Crippen molar-refractivity contribution in [3.63, 3.8) is 0 Å². The molecule has 0 fully saturated rings. The third kappa shape index (κ3) is 2.16. The zero-order chi connectivity index (χ0) is 14.6. The van der Waals surface area contributed by atoms with E-state index in [1.807, 2.05) is 46.5 Å². The molecular weight excluding hydrogens is 400 g/mol. The van der Waals surface area contributed by atoms with Gasteiger partial charge in [-0.2, -0.15) is 0 Å². The first-order valence-corrected chi connectivity index (χ1v) is 9.05. The largest absolute Gasteiger partial charge is 0.361 e. The highest BCUT2D eigenvalue weighted by Gasteiger charge is 2.39. The van der Waals surface area contributed by atoms with Gasteiger partial charge in [-0.05, 0) is 53.1 Å². The molecule has 1 aromatic rings. The highest BCUT2D eigenvalue weighted by atomic mass is 127. The quantitative estimate of drug-likeness (QED) is 0.704. The van der Waals surface area contributed by atoms with Gasteiger partial charge in [0.1, 0.15) is 5.82 Å². The lowest BCUT2D eigenvalue weighted by Gasteiger charge is -2.27. The molecule has 0 radical (unpaired) electrons. The summed E-state index contributed by atoms with van der Waals surface area (Å²) in [4.78, 5) is 13.6. The van der Waals surface area contributed by atoms with E-state index in [1.165, 1.54) is 16.7 Å². The number of nitrogens with one attached hydrogen (secondary N) is 1. The van der Waals surface area contributed by atoms with Gasteiger partial charge in [-0.1, -0.05) is 6.07 Å². The summed E-state index contributed by atoms with van der Waals surface area (Å²) in [6.07, 6.45) is 2.43. The van der Waals surface area contributed by atoms with E-state index in [2.05, 4.69) is 5.32 Å². The van der Waals surface area contributed by atoms with Crippen LogP contribution in [-0.4, -0.2) is 11.5 Å². The zero-order valence-corrected chi connectivity index (χ0v) is 14.2. The first-order valence-electron chi connectivity index (χ1n) is 6.99. The van der Waals surface area contributed by atoms with E-state index in [0.29, 0.717) is 9.99 Å². The third-order valence-corrected chi connectivity index (χ3v) is 6.29. The molecular formula is C16H13FINOS. The fourth-order valence-corrected chi connectivity index (χ4v) is 5.13. The van der Waals surface area contributed by atoms with Crippen LogP contribution in [-0.2, 0) is 4.79 Å². The molecule has 2 nitrogen and oxygen atoms in total. The fourth-order valence-electron chi connectivity index (χ4n) is 3.32. The third-order valence-electron chi connectivity index (χ3n) is 4.26. The predicted molar refractivity (Wildman–Crippen MR) is 90.4 cm³/mol. The van der Waals surface area contributed by atoms with Crippen molar-refractivity contribution in [1.82, 2.24) is 5.32 Å². The summed E-state index contributed by atoms with van der Waals surface area (Å²) < 4.78 is 14.2. The molecule has 0 bridgehead atoms. The molecule has 0 aromatic heterocycles. The van der Waals surface area contributed by atoms with E-state index < -0.39 is 0 Å². The van der Waals surface area contributed by atoms with Crippen molar-refractivity contribution in [2.45, 2.75) is 25.2 Å². The monoisotopic (exact) mass is 413 g/mol. The Labute approximate surface area is 140 Å². The summed E-state index contributed by atoms with van der Waals surface area (Å²) in [6.45, 7) is 0. The van der Waals surface area contributed by atoms with E-state index in [0.717, 1.165) is 35.4 Å². The minimum absolute atomic E-state index is 0.00728. The standard InChI is InChI=1S/C16H13FINOS/c17-9-2-1-8(7-10(9)18)14-15-11(3-4-13(15)20)19-12-5-6-21-16(12)14/h1-2,7,14,19H,3-6H2. The van der Waals surface area contributed by atoms with Gasteiger partial charge >= 0.3 is 0 Å². The van der Waals surface area contributed by atoms with Crippen LogP contribution in [0.4, 0.5) is 4.39 Å². The van der Waals surface area contributed by atoms with Gasteiger partial charge in [-0.25, -0.2) is 4.39 Å². The summed E-state index contributed by atoms with van der Waals surface area (Å²) in [6, 6.07) is 5.22. The fraction of sp³-hybridized carbons (Fsp3) is 0.312. The van der Waals surface area contributed by atoms with Crippen molar-refractivity contribution in [2.75, 3.05) is 5.75 Å². The van der Waals surface area contributed by atoms with Gasteiger partial charge < -0.3 is 5.32 Å². The minimum atomic E-state index is -0.200. The maximum Gasteiger partial charge on any atom is 0.161 e. The van der Waals surface area contributed by atoms with Crippen LogP contribution in [0.1, 0.15) is 30.7 Å². The molecule has 1 N–H and O–H groups in total. The van der Waals surface area contributed by atoms with Gasteiger partial charge in [-0.15, -0.1) is 11.8 Å². The number of Topliss-reactive ketones (excluding diaryl/α,β-unsaturated/α-hetero) is 1. The van der Waals surface area contributed by atoms with Gasteiger partial charge in [0.15, 0.2) is 5.78 Å². The van der Waals surface area contributed by atoms with Crippen LogP contribution in [0.25, 0.3) is 0 Å². The van der Waals surface area contributed by atoms with Gasteiger partial charge in [0.25, 0.3) is 0 Å². The normalized spacial score (nSPS) is 24.3. The summed E-state index contributed by atoms with van der Waals surface area (Å²) in [7, 11) is 0. The number of hydrogen-bond acceptors (Lipinski definition) is 3. The molecule has 4 rings (SSSR count). The second-order valence-corrected chi connectivity index (χ2v) is 7.79. The van der Waals surface area contributed by atoms with Crippen LogP contribution < -0.4 is 5.32 Å². The van der Waals surface area contributed by atoms with E-state index in [4.69, 9.17) is 0 Å². The molecule has 108 valence electrons. The van der Waals surface area contributed by atoms with Gasteiger partial charge in [0.05, 0.1) is 0 Å². The average molecular weight is 413 g/mol. The summed E-state index contributed by atoms with van der Waals surface area (Å²) >= 11 is 3.84. The molecule has 1 aliphatic carbocycles. The van der Waals surface area contributed by atoms with Crippen LogP contribution in [0.3, 0.4) is 0 Å². The van der Waals surface area contributed by atoms with Crippen molar-refractivity contribution in [1.29, 1.82) is 0 Å². The van der Waals surface area contributed by atoms with E-state index >= 15 is 0 Å². The number of carbonyl (C=O) groups is 1. The second kappa shape index (κ2) is 5.12. The molecule has 1 aromatic carbocycles. The Morgan fingerprint density at radius 3 is 2.90 bits per heavy atom. The number of halogens is 2. The number of rotatable bonds is 1. The number of ketones is 1. The Hall–Kier alpha value is -0.820. The average Bonchev–Trinajstić information content (AvgIpc) is 3.07. The molecule has 0 saturated carbocycles. The number of benzene rings is 1. The van der Waals surface area contributed by atoms with Crippen LogP contribution >= 0.6 is 34.4 Å². The molecule has 0 amide bonds. The topological polar surface area (TPSA) is 29.1 Å². The Morgan fingerprint density at radius 2 is 2.10 bits per heavy atom. The first-order chi connectivity index (χ1) is 10.1. The number of dihydropyridines is 1. The lowest BCUT2D eigenvalue weighted by Crippen LogP contribution is -2.23. The predicted octanol–water partition coefficient (Wildman–Crippen LogP) is 4.08. The zero-order valence-electron chi connectivity index (χ0n) is 11.2. The highest BCUT2D eigenvalue weighted by Crippen LogP contribution is 2.50. The van der Waals surface area contributed by atoms with Crippen molar-refractivity contribution in [2.24, 2.45) is 0 Å². The second-order valence-electron chi connectivity index (χ2n) is 5.49. The van der Waals surface area contributed by atoms with Crippen molar-refractivity contribution in [3.8, 4) is 0 Å². The molecule has 21 heavy (non-hydrogen) atoms. The number of allylic oxidation sites excluding steroid dienone is 4. The summed E-state index contributed by atoms with van der Waals surface area (Å²) in [5, 5.41) is 3.48. The minimum Gasteiger partial charge on any atom is -0.361 e. The Kier molecular flexibility index (Phi) is 3.37. The lowest BCUT2D eigenvalue weighted by atomic mass is 9.86. The van der Waals surface area contributed by atoms with E-state index in [9.17, 15) is 9.18 Å². The maximum atomic E-state index is 13.6. The molecule has 1 unspecified atom stereocenters. The van der Waals surface area contributed by atoms with Crippen LogP contribution in [0.15, 0.2) is 40.1 Å². The maximum absolute atomic E-state index is 13.6. The molecule has 2 aliphatic heterocycles. The molecule has 5 heteroatoms. The van der Waals surface area contributed by atoms with Gasteiger partial charge in [-0.3, -0.25) is 4.79 Å². The van der Waals surface area contributed by atoms with Gasteiger partial charge in [0.2, 0.25) is 0 Å². The number of carbonyl (C=O) groups excluding carboxylic acids is 1. The molecule has 3 aliphatic rings. The van der Waals surface area contributed by atoms with Crippen LogP contribution in [0.2, 0.25) is 0 Å². The van der Waals surface area contributed by atoms with Crippen molar-refractivity contribution < 1.29 is 9.18 Å². The summed E-state index contributed by atoms with van der Waals surface area (Å²) in [5.41, 5.74) is 4.29. The van der Waals surface area contributed by atoms with E-state index in [-0.39, 0.29) is 17.5 Å². The highest BCUT2D eigenvalue weighted by molar-refractivity contribution is 14.1. The van der Waals surface area contributed by atoms with Crippen LogP contribution in [0.5, 0.6) is 0 Å². The smallest absolute Gasteiger partial charge is 0.161 e. The van der Waals surface area contributed by atoms with Gasteiger partial charge in [0, 0.05) is 43.5 Å². The summed E-state index contributed by atoms with van der Waals surface area (Å²) in [5.74, 6) is 1.10. The molecule has 1 atom stereocenters. The number of hydrogen-bond donors (Lipinski definition) is 1. The number of thioether (sulfide) groups is 1. The van der Waals surface area contributed by atoms with E-state index in [1.54, 1.807) is 0 Å². The molecule has 0 spiro atoms. The lowest BCUT2D eigenvalue weighted by molar-refractivity contribution is -0.115. The van der Waals surface area contributed by atoms with Crippen molar-refractivity contribution in [3.05, 3.63) is 55.0 Å². The molecule has 0 saturated heterocycles. The molecule has 2 heterocycles. The SMILES string of the molecule is O=C1CCC2=C1C(c1ccc(F)c(I)c1)C1=C(CCS1)N2.